The molecular weight excluding hydrogens is 158 g/mol. The Morgan fingerprint density at radius 3 is 2.42 bits per heavy atom. The highest BCUT2D eigenvalue weighted by atomic mass is 16.2. The maximum absolute atomic E-state index is 10.8. The lowest BCUT2D eigenvalue weighted by molar-refractivity contribution is -0.126. The zero-order chi connectivity index (χ0) is 9.56. The third kappa shape index (κ3) is 4.68. The van der Waals surface area contributed by atoms with Crippen molar-refractivity contribution in [3.05, 3.63) is 0 Å². The van der Waals surface area contributed by atoms with Gasteiger partial charge >= 0.3 is 0 Å². The first-order chi connectivity index (χ1) is 5.57. The monoisotopic (exact) mass is 173 g/mol. The van der Waals surface area contributed by atoms with Crippen LogP contribution in [0.4, 0.5) is 0 Å². The zero-order valence-corrected chi connectivity index (χ0v) is 7.39. The van der Waals surface area contributed by atoms with E-state index in [0.717, 1.165) is 0 Å². The molecule has 0 saturated carbocycles. The predicted molar refractivity (Wildman–Crippen MR) is 45.3 cm³/mol. The van der Waals surface area contributed by atoms with E-state index >= 15 is 0 Å². The topological polar surface area (TPSA) is 84.2 Å². The van der Waals surface area contributed by atoms with Crippen LogP contribution >= 0.6 is 0 Å². The molecule has 0 spiro atoms. The standard InChI is InChI=1S/C7H15N3O2/c1-3-9-6(11)4-10-7(12)5(2)8/h5H,3-4,8H2,1-2H3,(H,9,11)(H,10,12)/t5-/m1/s1. The summed E-state index contributed by atoms with van der Waals surface area (Å²) in [5.41, 5.74) is 5.25. The molecule has 70 valence electrons. The van der Waals surface area contributed by atoms with Crippen LogP contribution in [0.3, 0.4) is 0 Å². The number of carbonyl (C=O) groups is 2. The van der Waals surface area contributed by atoms with Gasteiger partial charge in [-0.25, -0.2) is 0 Å². The van der Waals surface area contributed by atoms with Crippen LogP contribution in [-0.2, 0) is 9.59 Å². The summed E-state index contributed by atoms with van der Waals surface area (Å²) in [4.78, 5) is 21.6. The van der Waals surface area contributed by atoms with Crippen molar-refractivity contribution in [2.24, 2.45) is 5.73 Å². The number of hydrogen-bond acceptors (Lipinski definition) is 3. The minimum absolute atomic E-state index is 0.00574. The van der Waals surface area contributed by atoms with Gasteiger partial charge in [-0.2, -0.15) is 0 Å². The highest BCUT2D eigenvalue weighted by Gasteiger charge is 2.07. The quantitative estimate of drug-likeness (QED) is 0.488. The second-order valence-electron chi connectivity index (χ2n) is 2.46. The fourth-order valence-electron chi connectivity index (χ4n) is 0.588. The van der Waals surface area contributed by atoms with Crippen molar-refractivity contribution in [2.45, 2.75) is 19.9 Å². The lowest BCUT2D eigenvalue weighted by atomic mass is 10.3. The second kappa shape index (κ2) is 5.54. The molecule has 0 radical (unpaired) electrons. The normalized spacial score (nSPS) is 11.9. The Morgan fingerprint density at radius 2 is 2.00 bits per heavy atom. The van der Waals surface area contributed by atoms with Gasteiger partial charge < -0.3 is 16.4 Å². The van der Waals surface area contributed by atoms with E-state index in [9.17, 15) is 9.59 Å². The predicted octanol–water partition coefficient (Wildman–Crippen LogP) is -1.41. The summed E-state index contributed by atoms with van der Waals surface area (Å²) >= 11 is 0. The molecule has 0 unspecified atom stereocenters. The smallest absolute Gasteiger partial charge is 0.239 e. The molecule has 0 aromatic heterocycles. The second-order valence-corrected chi connectivity index (χ2v) is 2.46. The molecule has 0 aliphatic heterocycles. The number of hydrogen-bond donors (Lipinski definition) is 3. The fourth-order valence-corrected chi connectivity index (χ4v) is 0.588. The summed E-state index contributed by atoms with van der Waals surface area (Å²) in [6.45, 7) is 3.93. The molecule has 0 aromatic rings. The minimum atomic E-state index is -0.570. The number of nitrogens with one attached hydrogen (secondary N) is 2. The molecule has 0 aliphatic rings. The van der Waals surface area contributed by atoms with Crippen molar-refractivity contribution in [3.63, 3.8) is 0 Å². The highest BCUT2D eigenvalue weighted by molar-refractivity contribution is 5.86. The van der Waals surface area contributed by atoms with Gasteiger partial charge in [-0.3, -0.25) is 9.59 Å². The zero-order valence-electron chi connectivity index (χ0n) is 7.39. The van der Waals surface area contributed by atoms with E-state index in [0.29, 0.717) is 6.54 Å². The van der Waals surface area contributed by atoms with Crippen LogP contribution in [-0.4, -0.2) is 30.9 Å². The SMILES string of the molecule is CCNC(=O)CNC(=O)[C@@H](C)N. The summed E-state index contributed by atoms with van der Waals surface area (Å²) in [6.07, 6.45) is 0. The third-order valence-electron chi connectivity index (χ3n) is 1.21. The van der Waals surface area contributed by atoms with E-state index in [2.05, 4.69) is 10.6 Å². The molecule has 12 heavy (non-hydrogen) atoms. The lowest BCUT2D eigenvalue weighted by Crippen LogP contribution is -2.43. The molecular formula is C7H15N3O2. The highest BCUT2D eigenvalue weighted by Crippen LogP contribution is 1.73. The molecule has 4 N–H and O–H groups in total. The van der Waals surface area contributed by atoms with Crippen LogP contribution < -0.4 is 16.4 Å². The number of amides is 2. The average molecular weight is 173 g/mol. The van der Waals surface area contributed by atoms with E-state index in [1.807, 2.05) is 6.92 Å². The van der Waals surface area contributed by atoms with Crippen LogP contribution in [0.15, 0.2) is 0 Å². The van der Waals surface area contributed by atoms with Crippen molar-refractivity contribution >= 4 is 11.8 Å². The van der Waals surface area contributed by atoms with E-state index in [1.165, 1.54) is 0 Å². The molecule has 1 atom stereocenters. The number of rotatable bonds is 4. The van der Waals surface area contributed by atoms with Crippen LogP contribution in [0, 0.1) is 0 Å². The summed E-state index contributed by atoms with van der Waals surface area (Å²) in [7, 11) is 0. The number of likely N-dealkylation sites (N-methyl/N-ethyl adjacent to an activating group) is 1. The number of carbonyl (C=O) groups excluding carboxylic acids is 2. The van der Waals surface area contributed by atoms with E-state index < -0.39 is 6.04 Å². The molecule has 0 fully saturated rings. The Labute approximate surface area is 71.7 Å². The first-order valence-electron chi connectivity index (χ1n) is 3.88. The van der Waals surface area contributed by atoms with Gasteiger partial charge in [-0.15, -0.1) is 0 Å². The Kier molecular flexibility index (Phi) is 5.03. The minimum Gasteiger partial charge on any atom is -0.355 e. The van der Waals surface area contributed by atoms with Gasteiger partial charge in [0.25, 0.3) is 0 Å². The molecule has 0 heterocycles. The van der Waals surface area contributed by atoms with Crippen molar-refractivity contribution in [1.29, 1.82) is 0 Å². The van der Waals surface area contributed by atoms with Gasteiger partial charge in [0, 0.05) is 6.54 Å². The molecule has 0 bridgehead atoms. The third-order valence-corrected chi connectivity index (χ3v) is 1.21. The summed E-state index contributed by atoms with van der Waals surface area (Å²) in [6, 6.07) is -0.570. The van der Waals surface area contributed by atoms with Crippen LogP contribution in [0.2, 0.25) is 0 Å². The van der Waals surface area contributed by atoms with Crippen molar-refractivity contribution in [3.8, 4) is 0 Å². The van der Waals surface area contributed by atoms with Crippen LogP contribution in [0.5, 0.6) is 0 Å². The molecule has 5 heteroatoms. The molecule has 0 rings (SSSR count). The molecule has 0 aliphatic carbocycles. The van der Waals surface area contributed by atoms with Gasteiger partial charge in [-0.05, 0) is 13.8 Å². The van der Waals surface area contributed by atoms with Crippen molar-refractivity contribution < 1.29 is 9.59 Å². The molecule has 0 saturated heterocycles. The van der Waals surface area contributed by atoms with Crippen molar-refractivity contribution in [1.82, 2.24) is 10.6 Å². The van der Waals surface area contributed by atoms with Crippen molar-refractivity contribution in [2.75, 3.05) is 13.1 Å². The van der Waals surface area contributed by atoms with E-state index in [-0.39, 0.29) is 18.4 Å². The first-order valence-corrected chi connectivity index (χ1v) is 3.88. The molecule has 0 aromatic carbocycles. The van der Waals surface area contributed by atoms with Crippen LogP contribution in [0.25, 0.3) is 0 Å². The average Bonchev–Trinajstić information content (AvgIpc) is 2.00. The number of nitrogens with two attached hydrogens (primary N) is 1. The summed E-state index contributed by atoms with van der Waals surface area (Å²) in [5, 5.41) is 4.94. The maximum atomic E-state index is 10.8. The van der Waals surface area contributed by atoms with Gasteiger partial charge in [0.1, 0.15) is 0 Å². The van der Waals surface area contributed by atoms with E-state index in [1.54, 1.807) is 6.92 Å². The van der Waals surface area contributed by atoms with Gasteiger partial charge in [0.2, 0.25) is 11.8 Å². The maximum Gasteiger partial charge on any atom is 0.239 e. The van der Waals surface area contributed by atoms with Crippen LogP contribution in [0.1, 0.15) is 13.8 Å². The summed E-state index contributed by atoms with van der Waals surface area (Å²) < 4.78 is 0. The molecule has 2 amide bonds. The van der Waals surface area contributed by atoms with Gasteiger partial charge in [-0.1, -0.05) is 0 Å². The Balaban J connectivity index is 3.54. The summed E-state index contributed by atoms with van der Waals surface area (Å²) in [5.74, 6) is -0.521. The van der Waals surface area contributed by atoms with Gasteiger partial charge in [0.05, 0.1) is 12.6 Å². The molecule has 5 nitrogen and oxygen atoms in total. The Bertz CT molecular complexity index is 168. The van der Waals surface area contributed by atoms with Gasteiger partial charge in [0.15, 0.2) is 0 Å². The lowest BCUT2D eigenvalue weighted by Gasteiger charge is -2.06. The largest absolute Gasteiger partial charge is 0.355 e. The Morgan fingerprint density at radius 1 is 1.42 bits per heavy atom. The first kappa shape index (κ1) is 10.9. The fraction of sp³-hybridized carbons (Fsp3) is 0.714. The Hall–Kier alpha value is -1.10. The van der Waals surface area contributed by atoms with E-state index in [4.69, 9.17) is 5.73 Å².